The van der Waals surface area contributed by atoms with Gasteiger partial charge in [-0.05, 0) is 18.8 Å². The molecular weight excluding hydrogens is 206 g/mol. The molecule has 0 aliphatic heterocycles. The second kappa shape index (κ2) is 5.14. The van der Waals surface area contributed by atoms with Crippen molar-refractivity contribution in [1.82, 2.24) is 5.32 Å². The van der Waals surface area contributed by atoms with Gasteiger partial charge in [-0.15, -0.1) is 0 Å². The quantitative estimate of drug-likeness (QED) is 0.701. The number of hydrogen-bond acceptors (Lipinski definition) is 2. The molecule has 16 heavy (non-hydrogen) atoms. The van der Waals surface area contributed by atoms with Crippen molar-refractivity contribution in [1.29, 1.82) is 0 Å². The minimum atomic E-state index is -1.09. The largest absolute Gasteiger partial charge is 0.477 e. The Morgan fingerprint density at radius 2 is 1.75 bits per heavy atom. The second-order valence-corrected chi connectivity index (χ2v) is 4.17. The van der Waals surface area contributed by atoms with E-state index in [1.54, 1.807) is 6.92 Å². The Balaban J connectivity index is 2.57. The first-order valence-electron chi connectivity index (χ1n) is 5.77. The molecule has 0 radical (unpaired) electrons. The van der Waals surface area contributed by atoms with Crippen LogP contribution in [-0.2, 0) is 9.59 Å². The third-order valence-corrected chi connectivity index (χ3v) is 3.35. The van der Waals surface area contributed by atoms with Crippen LogP contribution >= 0.6 is 0 Å². The van der Waals surface area contributed by atoms with Gasteiger partial charge in [-0.1, -0.05) is 32.8 Å². The summed E-state index contributed by atoms with van der Waals surface area (Å²) >= 11 is 0. The zero-order valence-corrected chi connectivity index (χ0v) is 9.99. The molecule has 90 valence electrons. The van der Waals surface area contributed by atoms with Gasteiger partial charge in [0.15, 0.2) is 0 Å². The molecule has 0 aromatic rings. The standard InChI is InChI=1S/C12H19NO3/c1-4-7-8(5-2)10(7)11(14)13-9(6-3)12(15)16/h6-8,10H,4-5H2,1-3H3,(H,13,14)(H,15,16)/b9-6-. The number of rotatable bonds is 5. The number of carboxylic acid groups (broad SMARTS) is 1. The van der Waals surface area contributed by atoms with Crippen LogP contribution in [0.2, 0.25) is 0 Å². The Hall–Kier alpha value is -1.32. The van der Waals surface area contributed by atoms with Gasteiger partial charge in [0.2, 0.25) is 5.91 Å². The maximum absolute atomic E-state index is 11.8. The summed E-state index contributed by atoms with van der Waals surface area (Å²) in [5, 5.41) is 11.3. The third kappa shape index (κ3) is 2.43. The van der Waals surface area contributed by atoms with Crippen molar-refractivity contribution in [2.45, 2.75) is 33.6 Å². The van der Waals surface area contributed by atoms with Gasteiger partial charge in [-0.25, -0.2) is 4.79 Å². The lowest BCUT2D eigenvalue weighted by atomic mass is 10.2. The van der Waals surface area contributed by atoms with E-state index in [1.165, 1.54) is 6.08 Å². The molecule has 4 heteroatoms. The number of allylic oxidation sites excluding steroid dienone is 1. The Kier molecular flexibility index (Phi) is 4.10. The first-order valence-corrected chi connectivity index (χ1v) is 5.77. The maximum Gasteiger partial charge on any atom is 0.352 e. The maximum atomic E-state index is 11.8. The van der Waals surface area contributed by atoms with Crippen LogP contribution in [0.4, 0.5) is 0 Å². The average Bonchev–Trinajstić information content (AvgIpc) is 2.98. The molecule has 2 atom stereocenters. The van der Waals surface area contributed by atoms with Crippen molar-refractivity contribution in [2.24, 2.45) is 17.8 Å². The van der Waals surface area contributed by atoms with Crippen molar-refractivity contribution in [3.63, 3.8) is 0 Å². The average molecular weight is 225 g/mol. The zero-order chi connectivity index (χ0) is 12.3. The van der Waals surface area contributed by atoms with E-state index in [4.69, 9.17) is 5.11 Å². The topological polar surface area (TPSA) is 66.4 Å². The van der Waals surface area contributed by atoms with Crippen LogP contribution in [0.5, 0.6) is 0 Å². The predicted molar refractivity (Wildman–Crippen MR) is 60.6 cm³/mol. The molecule has 2 N–H and O–H groups in total. The monoisotopic (exact) mass is 225 g/mol. The number of amides is 1. The number of hydrogen-bond donors (Lipinski definition) is 2. The fourth-order valence-corrected chi connectivity index (χ4v) is 2.41. The smallest absolute Gasteiger partial charge is 0.352 e. The summed E-state index contributed by atoms with van der Waals surface area (Å²) in [6, 6.07) is 0. The molecule has 0 spiro atoms. The summed E-state index contributed by atoms with van der Waals surface area (Å²) in [5.74, 6) is -0.370. The summed E-state index contributed by atoms with van der Waals surface area (Å²) in [6.07, 6.45) is 3.37. The fourth-order valence-electron chi connectivity index (χ4n) is 2.41. The molecule has 1 amide bonds. The van der Waals surface area contributed by atoms with Gasteiger partial charge < -0.3 is 10.4 Å². The second-order valence-electron chi connectivity index (χ2n) is 4.17. The van der Waals surface area contributed by atoms with E-state index >= 15 is 0 Å². The Morgan fingerprint density at radius 1 is 1.25 bits per heavy atom. The minimum Gasteiger partial charge on any atom is -0.477 e. The molecule has 0 saturated heterocycles. The predicted octanol–water partition coefficient (Wildman–Crippen LogP) is 1.77. The number of aliphatic carboxylic acids is 1. The van der Waals surface area contributed by atoms with Crippen molar-refractivity contribution < 1.29 is 14.7 Å². The third-order valence-electron chi connectivity index (χ3n) is 3.35. The Labute approximate surface area is 95.7 Å². The van der Waals surface area contributed by atoms with E-state index in [9.17, 15) is 9.59 Å². The lowest BCUT2D eigenvalue weighted by molar-refractivity contribution is -0.135. The van der Waals surface area contributed by atoms with E-state index in [2.05, 4.69) is 19.2 Å². The first-order chi connectivity index (χ1) is 7.56. The highest BCUT2D eigenvalue weighted by Gasteiger charge is 2.52. The Morgan fingerprint density at radius 3 is 2.06 bits per heavy atom. The van der Waals surface area contributed by atoms with Gasteiger partial charge >= 0.3 is 5.97 Å². The molecule has 4 nitrogen and oxygen atoms in total. The molecule has 1 aliphatic rings. The van der Waals surface area contributed by atoms with E-state index in [0.29, 0.717) is 11.8 Å². The molecule has 0 heterocycles. The van der Waals surface area contributed by atoms with Gasteiger partial charge in [0.25, 0.3) is 0 Å². The number of carbonyl (C=O) groups excluding carboxylic acids is 1. The highest BCUT2D eigenvalue weighted by atomic mass is 16.4. The molecule has 1 aliphatic carbocycles. The van der Waals surface area contributed by atoms with Crippen LogP contribution in [0, 0.1) is 17.8 Å². The summed E-state index contributed by atoms with van der Waals surface area (Å²) in [6.45, 7) is 5.73. The molecule has 0 bridgehead atoms. The number of carboxylic acids is 1. The molecular formula is C12H19NO3. The normalized spacial score (nSPS) is 28.7. The summed E-state index contributed by atoms with van der Waals surface area (Å²) < 4.78 is 0. The summed E-state index contributed by atoms with van der Waals surface area (Å²) in [5.41, 5.74) is -0.0263. The van der Waals surface area contributed by atoms with Crippen molar-refractivity contribution in [3.05, 3.63) is 11.8 Å². The molecule has 1 saturated carbocycles. The summed E-state index contributed by atoms with van der Waals surface area (Å²) in [4.78, 5) is 22.5. The van der Waals surface area contributed by atoms with Crippen LogP contribution in [0.3, 0.4) is 0 Å². The van der Waals surface area contributed by atoms with Crippen LogP contribution in [0.15, 0.2) is 11.8 Å². The minimum absolute atomic E-state index is 0.00398. The molecule has 1 rings (SSSR count). The van der Waals surface area contributed by atoms with Crippen LogP contribution in [0.1, 0.15) is 33.6 Å². The van der Waals surface area contributed by atoms with Crippen LogP contribution in [-0.4, -0.2) is 17.0 Å². The van der Waals surface area contributed by atoms with Crippen molar-refractivity contribution >= 4 is 11.9 Å². The van der Waals surface area contributed by atoms with Gasteiger partial charge in [0.1, 0.15) is 5.70 Å². The highest BCUT2D eigenvalue weighted by Crippen LogP contribution is 2.50. The zero-order valence-electron chi connectivity index (χ0n) is 9.99. The van der Waals surface area contributed by atoms with Gasteiger partial charge in [-0.2, -0.15) is 0 Å². The lowest BCUT2D eigenvalue weighted by Gasteiger charge is -2.04. The van der Waals surface area contributed by atoms with Gasteiger partial charge in [-0.3, -0.25) is 4.79 Å². The Bertz CT molecular complexity index is 312. The van der Waals surface area contributed by atoms with Crippen molar-refractivity contribution in [3.8, 4) is 0 Å². The highest BCUT2D eigenvalue weighted by molar-refractivity contribution is 5.94. The summed E-state index contributed by atoms with van der Waals surface area (Å²) in [7, 11) is 0. The number of carbonyl (C=O) groups is 2. The fraction of sp³-hybridized carbons (Fsp3) is 0.667. The van der Waals surface area contributed by atoms with Crippen LogP contribution in [0.25, 0.3) is 0 Å². The lowest BCUT2D eigenvalue weighted by Crippen LogP contribution is -2.29. The molecule has 0 aromatic heterocycles. The van der Waals surface area contributed by atoms with E-state index < -0.39 is 5.97 Å². The van der Waals surface area contributed by atoms with E-state index in [0.717, 1.165) is 12.8 Å². The molecule has 0 aromatic carbocycles. The number of nitrogens with one attached hydrogen (secondary N) is 1. The van der Waals surface area contributed by atoms with Gasteiger partial charge in [0, 0.05) is 5.92 Å². The SMILES string of the molecule is C/C=C(\NC(=O)C1C(CC)C1CC)C(=O)O. The van der Waals surface area contributed by atoms with Crippen molar-refractivity contribution in [2.75, 3.05) is 0 Å². The van der Waals surface area contributed by atoms with Crippen LogP contribution < -0.4 is 5.32 Å². The van der Waals surface area contributed by atoms with E-state index in [-0.39, 0.29) is 17.5 Å². The van der Waals surface area contributed by atoms with E-state index in [1.807, 2.05) is 0 Å². The van der Waals surface area contributed by atoms with Gasteiger partial charge in [0.05, 0.1) is 0 Å². The molecule has 1 fully saturated rings. The first kappa shape index (κ1) is 12.7. The molecule has 2 unspecified atom stereocenters.